The highest BCUT2D eigenvalue weighted by Gasteiger charge is 2.17. The van der Waals surface area contributed by atoms with E-state index in [1.165, 1.54) is 16.9 Å². The van der Waals surface area contributed by atoms with Gasteiger partial charge in [-0.05, 0) is 11.8 Å². The molecule has 0 bridgehead atoms. The third kappa shape index (κ3) is 3.41. The quantitative estimate of drug-likeness (QED) is 0.870. The molecule has 2 N–H and O–H groups in total. The van der Waals surface area contributed by atoms with Crippen molar-refractivity contribution in [1.29, 1.82) is 0 Å². The van der Waals surface area contributed by atoms with Crippen LogP contribution in [-0.4, -0.2) is 30.8 Å². The van der Waals surface area contributed by atoms with Gasteiger partial charge in [-0.3, -0.25) is 9.59 Å². The van der Waals surface area contributed by atoms with Gasteiger partial charge in [0.2, 0.25) is 0 Å². The second-order valence-corrected chi connectivity index (χ2v) is 6.45. The van der Waals surface area contributed by atoms with Crippen LogP contribution in [0.25, 0.3) is 11.4 Å². The molecule has 0 spiro atoms. The molecular formula is C15H19N3O4. The first-order chi connectivity index (χ1) is 10.2. The number of aromatic nitrogens is 3. The first-order valence-corrected chi connectivity index (χ1v) is 6.98. The van der Waals surface area contributed by atoms with Crippen molar-refractivity contribution in [2.24, 2.45) is 5.41 Å². The molecule has 0 saturated heterocycles. The monoisotopic (exact) mass is 305 g/mol. The molecule has 2 aromatic heterocycles. The van der Waals surface area contributed by atoms with Crippen molar-refractivity contribution in [2.75, 3.05) is 0 Å². The van der Waals surface area contributed by atoms with Gasteiger partial charge in [-0.15, -0.1) is 0 Å². The fourth-order valence-electron chi connectivity index (χ4n) is 2.31. The minimum atomic E-state index is -1.04. The van der Waals surface area contributed by atoms with Crippen molar-refractivity contribution in [3.63, 3.8) is 0 Å². The van der Waals surface area contributed by atoms with Gasteiger partial charge < -0.3 is 10.2 Å². The van der Waals surface area contributed by atoms with Crippen LogP contribution in [0.4, 0.5) is 0 Å². The number of aliphatic hydroxyl groups excluding tert-OH is 1. The summed E-state index contributed by atoms with van der Waals surface area (Å²) < 4.78 is 1.53. The maximum Gasteiger partial charge on any atom is 0.303 e. The van der Waals surface area contributed by atoms with Gasteiger partial charge in [-0.25, -0.2) is 9.50 Å². The van der Waals surface area contributed by atoms with Crippen molar-refractivity contribution >= 4 is 17.4 Å². The second kappa shape index (κ2) is 5.75. The van der Waals surface area contributed by atoms with Gasteiger partial charge in [-0.2, -0.15) is 5.10 Å². The standard InChI is InChI=1S/C15H19N3O4/c1-15(2,3)7-9-6-11(20)13(10(19)4-5-12(21)22)14-16-8-17-18(9)14/h6,8,19H,4-5,7H2,1-3H3,(H,21,22)/b13-10-. The number of rotatable bonds is 4. The minimum Gasteiger partial charge on any atom is -0.511 e. The Bertz CT molecular complexity index is 818. The normalized spacial score (nSPS) is 13.4. The van der Waals surface area contributed by atoms with Crippen molar-refractivity contribution in [3.05, 3.63) is 33.5 Å². The third-order valence-electron chi connectivity index (χ3n) is 3.16. The summed E-state index contributed by atoms with van der Waals surface area (Å²) in [5.74, 6) is -1.31. The molecule has 0 saturated carbocycles. The molecule has 2 rings (SSSR count). The summed E-state index contributed by atoms with van der Waals surface area (Å²) in [5.41, 5.74) is 0.555. The Balaban J connectivity index is 2.64. The summed E-state index contributed by atoms with van der Waals surface area (Å²) in [6.07, 6.45) is 1.56. The molecule has 0 amide bonds. The predicted molar refractivity (Wildman–Crippen MR) is 80.5 cm³/mol. The molecule has 0 fully saturated rings. The van der Waals surface area contributed by atoms with Crippen molar-refractivity contribution in [3.8, 4) is 0 Å². The molecule has 0 aliphatic rings. The Labute approximate surface area is 126 Å². The lowest BCUT2D eigenvalue weighted by molar-refractivity contribution is -0.136. The number of pyridine rings is 1. The summed E-state index contributed by atoms with van der Waals surface area (Å²) in [4.78, 5) is 27.0. The van der Waals surface area contributed by atoms with Gasteiger partial charge in [0.25, 0.3) is 0 Å². The number of hydrogen-bond donors (Lipinski definition) is 2. The highest BCUT2D eigenvalue weighted by molar-refractivity contribution is 5.68. The van der Waals surface area contributed by atoms with Gasteiger partial charge in [0.05, 0.1) is 6.42 Å². The number of aliphatic hydroxyl groups is 1. The van der Waals surface area contributed by atoms with Crippen LogP contribution in [0.2, 0.25) is 0 Å². The van der Waals surface area contributed by atoms with Crippen molar-refractivity contribution < 1.29 is 15.0 Å². The first-order valence-electron chi connectivity index (χ1n) is 6.98. The average Bonchev–Trinajstić information content (AvgIpc) is 2.83. The van der Waals surface area contributed by atoms with Crippen LogP contribution in [0.1, 0.15) is 39.3 Å². The number of hydrogen-bond acceptors (Lipinski definition) is 5. The van der Waals surface area contributed by atoms with E-state index in [1.54, 1.807) is 0 Å². The van der Waals surface area contributed by atoms with Crippen LogP contribution in [0, 0.1) is 5.41 Å². The number of carbonyl (C=O) groups is 1. The highest BCUT2D eigenvalue weighted by atomic mass is 16.4. The molecule has 0 aliphatic heterocycles. The van der Waals surface area contributed by atoms with Gasteiger partial charge in [0.15, 0.2) is 11.1 Å². The van der Waals surface area contributed by atoms with E-state index in [-0.39, 0.29) is 40.3 Å². The topological polar surface area (TPSA) is 105 Å². The lowest BCUT2D eigenvalue weighted by atomic mass is 9.90. The lowest BCUT2D eigenvalue weighted by Crippen LogP contribution is -2.31. The van der Waals surface area contributed by atoms with Crippen LogP contribution < -0.4 is 10.6 Å². The smallest absolute Gasteiger partial charge is 0.303 e. The molecule has 0 atom stereocenters. The van der Waals surface area contributed by atoms with Crippen molar-refractivity contribution in [2.45, 2.75) is 40.0 Å². The molecule has 0 aromatic carbocycles. The molecule has 0 radical (unpaired) electrons. The van der Waals surface area contributed by atoms with E-state index in [1.807, 2.05) is 20.8 Å². The average molecular weight is 305 g/mol. The van der Waals surface area contributed by atoms with Gasteiger partial charge in [0, 0.05) is 18.2 Å². The molecule has 2 heterocycles. The van der Waals surface area contributed by atoms with Gasteiger partial charge in [-0.1, -0.05) is 20.8 Å². The number of nitrogens with zero attached hydrogens (tertiary/aromatic N) is 3. The predicted octanol–water partition coefficient (Wildman–Crippen LogP) is 0.928. The Hall–Kier alpha value is -2.44. The van der Waals surface area contributed by atoms with E-state index < -0.39 is 5.97 Å². The fourth-order valence-corrected chi connectivity index (χ4v) is 2.31. The molecule has 118 valence electrons. The Morgan fingerprint density at radius 2 is 1.95 bits per heavy atom. The number of fused-ring (bicyclic) bond motifs is 1. The van der Waals surface area contributed by atoms with E-state index >= 15 is 0 Å². The van der Waals surface area contributed by atoms with E-state index in [9.17, 15) is 14.7 Å². The number of carboxylic acid groups (broad SMARTS) is 1. The number of aliphatic carboxylic acids is 1. The van der Waals surface area contributed by atoms with Gasteiger partial charge >= 0.3 is 5.97 Å². The van der Waals surface area contributed by atoms with Crippen LogP contribution >= 0.6 is 0 Å². The summed E-state index contributed by atoms with van der Waals surface area (Å²) in [6, 6.07) is 1.43. The Morgan fingerprint density at radius 3 is 2.55 bits per heavy atom. The van der Waals surface area contributed by atoms with E-state index in [0.29, 0.717) is 12.1 Å². The molecular weight excluding hydrogens is 286 g/mol. The highest BCUT2D eigenvalue weighted by Crippen LogP contribution is 2.19. The lowest BCUT2D eigenvalue weighted by Gasteiger charge is -2.18. The summed E-state index contributed by atoms with van der Waals surface area (Å²) in [5, 5.41) is 22.9. The summed E-state index contributed by atoms with van der Waals surface area (Å²) in [7, 11) is 0. The zero-order chi connectivity index (χ0) is 16.5. The zero-order valence-corrected chi connectivity index (χ0v) is 12.8. The van der Waals surface area contributed by atoms with E-state index in [0.717, 1.165) is 0 Å². The Morgan fingerprint density at radius 1 is 1.27 bits per heavy atom. The van der Waals surface area contributed by atoms with Crippen LogP contribution in [-0.2, 0) is 11.2 Å². The third-order valence-corrected chi connectivity index (χ3v) is 3.16. The van der Waals surface area contributed by atoms with Crippen molar-refractivity contribution in [1.82, 2.24) is 14.6 Å². The Kier molecular flexibility index (Phi) is 4.16. The van der Waals surface area contributed by atoms with Crippen LogP contribution in [0.3, 0.4) is 0 Å². The van der Waals surface area contributed by atoms with Gasteiger partial charge in [0.1, 0.15) is 17.3 Å². The van der Waals surface area contributed by atoms with Crippen LogP contribution in [0.15, 0.2) is 17.2 Å². The molecule has 7 nitrogen and oxygen atoms in total. The van der Waals surface area contributed by atoms with Crippen LogP contribution in [0.5, 0.6) is 0 Å². The fraction of sp³-hybridized carbons (Fsp3) is 0.467. The number of carboxylic acids is 1. The largest absolute Gasteiger partial charge is 0.511 e. The summed E-state index contributed by atoms with van der Waals surface area (Å²) >= 11 is 0. The summed E-state index contributed by atoms with van der Waals surface area (Å²) in [6.45, 7) is 6.14. The molecule has 0 unspecified atom stereocenters. The zero-order valence-electron chi connectivity index (χ0n) is 12.8. The second-order valence-electron chi connectivity index (χ2n) is 6.45. The molecule has 2 aromatic rings. The molecule has 0 aliphatic carbocycles. The molecule has 22 heavy (non-hydrogen) atoms. The minimum absolute atomic E-state index is 0.0245. The van der Waals surface area contributed by atoms with E-state index in [2.05, 4.69) is 10.1 Å². The van der Waals surface area contributed by atoms with E-state index in [4.69, 9.17) is 5.11 Å². The SMILES string of the molecule is CC(C)(C)Cc1cc(=O)/c(=C(/O)CCC(=O)O)c2ncnn12. The maximum atomic E-state index is 12.3. The molecule has 7 heteroatoms. The maximum absolute atomic E-state index is 12.3. The first kappa shape index (κ1) is 15.9.